The van der Waals surface area contributed by atoms with E-state index in [2.05, 4.69) is 12.2 Å². The molecule has 0 aromatic heterocycles. The number of ketones is 1. The normalized spacial score (nSPS) is 24.5. The number of aliphatic hydroxyl groups is 2. The summed E-state index contributed by atoms with van der Waals surface area (Å²) in [6.07, 6.45) is 7.75. The Bertz CT molecular complexity index is 735. The summed E-state index contributed by atoms with van der Waals surface area (Å²) in [5.41, 5.74) is 0. The summed E-state index contributed by atoms with van der Waals surface area (Å²) in [4.78, 5) is 24.5. The van der Waals surface area contributed by atoms with Crippen LogP contribution in [0.15, 0.2) is 30.3 Å². The minimum Gasteiger partial charge on any atom is -0.491 e. The molecule has 6 heteroatoms. The molecule has 0 bridgehead atoms. The lowest BCUT2D eigenvalue weighted by molar-refractivity contribution is -0.123. The highest BCUT2D eigenvalue weighted by molar-refractivity contribution is 5.84. The first-order chi connectivity index (χ1) is 16.0. The zero-order valence-electron chi connectivity index (χ0n) is 20.0. The molecule has 2 aliphatic carbocycles. The van der Waals surface area contributed by atoms with Gasteiger partial charge < -0.3 is 20.3 Å². The predicted octanol–water partition coefficient (Wildman–Crippen LogP) is 4.03. The molecule has 5 atom stereocenters. The van der Waals surface area contributed by atoms with Crippen molar-refractivity contribution in [1.29, 1.82) is 0 Å². The third-order valence-corrected chi connectivity index (χ3v) is 7.16. The van der Waals surface area contributed by atoms with Crippen molar-refractivity contribution in [2.24, 2.45) is 17.8 Å². The summed E-state index contributed by atoms with van der Waals surface area (Å²) in [7, 11) is 0. The van der Waals surface area contributed by atoms with E-state index in [4.69, 9.17) is 4.74 Å². The van der Waals surface area contributed by atoms with Crippen LogP contribution in [-0.4, -0.2) is 46.8 Å². The Morgan fingerprint density at radius 2 is 1.88 bits per heavy atom. The number of hydrogen-bond donors (Lipinski definition) is 3. The lowest BCUT2D eigenvalue weighted by atomic mass is 9.76. The van der Waals surface area contributed by atoms with Gasteiger partial charge in [-0.3, -0.25) is 9.59 Å². The first-order valence-electron chi connectivity index (χ1n) is 12.8. The molecule has 33 heavy (non-hydrogen) atoms. The summed E-state index contributed by atoms with van der Waals surface area (Å²) in [5, 5.41) is 24.1. The lowest BCUT2D eigenvalue weighted by Gasteiger charge is -2.29. The highest BCUT2D eigenvalue weighted by Gasteiger charge is 2.44. The van der Waals surface area contributed by atoms with Crippen LogP contribution in [-0.2, 0) is 9.59 Å². The predicted molar refractivity (Wildman–Crippen MR) is 128 cm³/mol. The lowest BCUT2D eigenvalue weighted by Crippen LogP contribution is -2.31. The van der Waals surface area contributed by atoms with Crippen molar-refractivity contribution < 1.29 is 24.5 Å². The number of amides is 1. The Balaban J connectivity index is 1.40. The molecule has 0 radical (unpaired) electrons. The standard InChI is InChI=1S/C27H41NO5/c1-2-19(16-21(29)18-33-22-10-6-5-7-11-22)27-23(24(30)17-25(27)31)12-8-3-4-9-13-26(32)28-20-14-15-20/h5-7,10-11,19-21,23-24,27,29-30H,2-4,8-9,12-18H2,1H3,(H,28,32). The molecule has 3 rings (SSSR count). The summed E-state index contributed by atoms with van der Waals surface area (Å²) >= 11 is 0. The molecule has 5 unspecified atom stereocenters. The summed E-state index contributed by atoms with van der Waals surface area (Å²) in [5.74, 6) is 0.825. The van der Waals surface area contributed by atoms with Crippen LogP contribution in [0.25, 0.3) is 0 Å². The van der Waals surface area contributed by atoms with Gasteiger partial charge in [0.15, 0.2) is 0 Å². The van der Waals surface area contributed by atoms with Crippen molar-refractivity contribution in [2.45, 2.75) is 95.8 Å². The monoisotopic (exact) mass is 459 g/mol. The summed E-state index contributed by atoms with van der Waals surface area (Å²) in [6, 6.07) is 9.84. The fourth-order valence-electron chi connectivity index (χ4n) is 5.20. The minimum absolute atomic E-state index is 0.0390. The van der Waals surface area contributed by atoms with Gasteiger partial charge in [-0.15, -0.1) is 0 Å². The third-order valence-electron chi connectivity index (χ3n) is 7.16. The number of aliphatic hydroxyl groups excluding tert-OH is 2. The van der Waals surface area contributed by atoms with E-state index in [9.17, 15) is 19.8 Å². The first kappa shape index (κ1) is 25.7. The molecular formula is C27H41NO5. The molecule has 2 aliphatic rings. The van der Waals surface area contributed by atoms with E-state index in [1.807, 2.05) is 30.3 Å². The number of benzene rings is 1. The smallest absolute Gasteiger partial charge is 0.220 e. The first-order valence-corrected chi connectivity index (χ1v) is 12.8. The summed E-state index contributed by atoms with van der Waals surface area (Å²) < 4.78 is 5.68. The number of unbranched alkanes of at least 4 members (excludes halogenated alkanes) is 3. The molecule has 0 heterocycles. The third kappa shape index (κ3) is 8.42. The number of hydrogen-bond acceptors (Lipinski definition) is 5. The second-order valence-corrected chi connectivity index (χ2v) is 9.90. The fraction of sp³-hybridized carbons (Fsp3) is 0.704. The highest BCUT2D eigenvalue weighted by atomic mass is 16.5. The highest BCUT2D eigenvalue weighted by Crippen LogP contribution is 2.41. The number of nitrogens with one attached hydrogen (secondary N) is 1. The van der Waals surface area contributed by atoms with Gasteiger partial charge >= 0.3 is 0 Å². The van der Waals surface area contributed by atoms with E-state index in [-0.39, 0.29) is 42.5 Å². The number of para-hydroxylation sites is 1. The van der Waals surface area contributed by atoms with Crippen LogP contribution in [0.4, 0.5) is 0 Å². The van der Waals surface area contributed by atoms with Crippen molar-refractivity contribution >= 4 is 11.7 Å². The van der Waals surface area contributed by atoms with Gasteiger partial charge in [0, 0.05) is 24.8 Å². The second-order valence-electron chi connectivity index (χ2n) is 9.90. The number of carbonyl (C=O) groups is 2. The number of carbonyl (C=O) groups excluding carboxylic acids is 2. The molecule has 0 saturated heterocycles. The average molecular weight is 460 g/mol. The Hall–Kier alpha value is -1.92. The molecule has 1 amide bonds. The number of rotatable bonds is 15. The Kier molecular flexibility index (Phi) is 10.2. The molecule has 3 N–H and O–H groups in total. The molecular weight excluding hydrogens is 418 g/mol. The zero-order chi connectivity index (χ0) is 23.6. The van der Waals surface area contributed by atoms with Gasteiger partial charge in [0.25, 0.3) is 0 Å². The molecule has 0 aliphatic heterocycles. The van der Waals surface area contributed by atoms with Crippen LogP contribution in [0.2, 0.25) is 0 Å². The van der Waals surface area contributed by atoms with Crippen LogP contribution in [0.1, 0.15) is 77.6 Å². The molecule has 2 saturated carbocycles. The zero-order valence-corrected chi connectivity index (χ0v) is 20.0. The van der Waals surface area contributed by atoms with Gasteiger partial charge in [-0.05, 0) is 56.1 Å². The fourth-order valence-corrected chi connectivity index (χ4v) is 5.20. The van der Waals surface area contributed by atoms with Gasteiger partial charge in [-0.25, -0.2) is 0 Å². The van der Waals surface area contributed by atoms with Crippen molar-refractivity contribution in [2.75, 3.05) is 6.61 Å². The second kappa shape index (κ2) is 13.1. The van der Waals surface area contributed by atoms with Gasteiger partial charge in [0.05, 0.1) is 12.2 Å². The Labute approximate surface area is 198 Å². The Morgan fingerprint density at radius 3 is 2.58 bits per heavy atom. The van der Waals surface area contributed by atoms with E-state index in [1.54, 1.807) is 0 Å². The van der Waals surface area contributed by atoms with Crippen LogP contribution in [0.5, 0.6) is 5.75 Å². The van der Waals surface area contributed by atoms with Crippen LogP contribution < -0.4 is 10.1 Å². The van der Waals surface area contributed by atoms with Crippen molar-refractivity contribution in [1.82, 2.24) is 5.32 Å². The molecule has 2 fully saturated rings. The topological polar surface area (TPSA) is 95.9 Å². The van der Waals surface area contributed by atoms with Crippen molar-refractivity contribution in [3.05, 3.63) is 30.3 Å². The minimum atomic E-state index is -0.650. The number of ether oxygens (including phenoxy) is 1. The van der Waals surface area contributed by atoms with Gasteiger partial charge in [0.1, 0.15) is 18.1 Å². The Morgan fingerprint density at radius 1 is 1.15 bits per heavy atom. The van der Waals surface area contributed by atoms with Crippen molar-refractivity contribution in [3.63, 3.8) is 0 Å². The molecule has 1 aromatic rings. The SMILES string of the molecule is CCC(CC(O)COc1ccccc1)C1C(=O)CC(O)C1CCCCCCC(=O)NC1CC1. The molecule has 6 nitrogen and oxygen atoms in total. The maximum absolute atomic E-state index is 12.7. The van der Waals surface area contributed by atoms with E-state index in [0.717, 1.165) is 57.1 Å². The maximum atomic E-state index is 12.7. The quantitative estimate of drug-likeness (QED) is 0.344. The van der Waals surface area contributed by atoms with E-state index in [1.165, 1.54) is 0 Å². The van der Waals surface area contributed by atoms with Crippen LogP contribution in [0.3, 0.4) is 0 Å². The van der Waals surface area contributed by atoms with Crippen molar-refractivity contribution in [3.8, 4) is 5.75 Å². The van der Waals surface area contributed by atoms with E-state index >= 15 is 0 Å². The molecule has 184 valence electrons. The van der Waals surface area contributed by atoms with Crippen LogP contribution >= 0.6 is 0 Å². The van der Waals surface area contributed by atoms with E-state index < -0.39 is 12.2 Å². The molecule has 0 spiro atoms. The maximum Gasteiger partial charge on any atom is 0.220 e. The largest absolute Gasteiger partial charge is 0.491 e. The van der Waals surface area contributed by atoms with Gasteiger partial charge in [0.2, 0.25) is 5.91 Å². The van der Waals surface area contributed by atoms with E-state index in [0.29, 0.717) is 18.9 Å². The average Bonchev–Trinajstić information content (AvgIpc) is 3.57. The number of Topliss-reactive ketones (excluding diaryl/α,β-unsaturated/α-hetero) is 1. The summed E-state index contributed by atoms with van der Waals surface area (Å²) in [6.45, 7) is 2.25. The molecule has 1 aromatic carbocycles. The van der Waals surface area contributed by atoms with Gasteiger partial charge in [-0.1, -0.05) is 50.8 Å². The van der Waals surface area contributed by atoms with Gasteiger partial charge in [-0.2, -0.15) is 0 Å². The van der Waals surface area contributed by atoms with Crippen LogP contribution in [0, 0.1) is 17.8 Å².